The lowest BCUT2D eigenvalue weighted by Crippen LogP contribution is -2.25. The van der Waals surface area contributed by atoms with Crippen LogP contribution in [0.5, 0.6) is 0 Å². The van der Waals surface area contributed by atoms with Crippen molar-refractivity contribution in [2.75, 3.05) is 11.9 Å². The molecule has 138 valence electrons. The Morgan fingerprint density at radius 3 is 2.67 bits per heavy atom. The highest BCUT2D eigenvalue weighted by Crippen LogP contribution is 2.18. The van der Waals surface area contributed by atoms with Gasteiger partial charge in [0.2, 0.25) is 5.13 Å². The summed E-state index contributed by atoms with van der Waals surface area (Å²) in [5.74, 6) is -0.472. The molecule has 1 heterocycles. The Labute approximate surface area is 178 Å². The Morgan fingerprint density at radius 2 is 1.89 bits per heavy atom. The number of benzene rings is 2. The summed E-state index contributed by atoms with van der Waals surface area (Å²) in [7, 11) is 0. The van der Waals surface area contributed by atoms with Crippen molar-refractivity contribution in [3.05, 3.63) is 73.3 Å². The van der Waals surface area contributed by atoms with Gasteiger partial charge in [0.25, 0.3) is 11.8 Å². The van der Waals surface area contributed by atoms with E-state index in [1.807, 2.05) is 12.1 Å². The fraction of sp³-hybridized carbons (Fsp3) is 0.111. The molecule has 0 saturated heterocycles. The second kappa shape index (κ2) is 9.25. The Morgan fingerprint density at radius 1 is 1.07 bits per heavy atom. The lowest BCUT2D eigenvalue weighted by atomic mass is 10.2. The molecule has 0 aliphatic carbocycles. The molecular formula is C18H14ClIN4O2S. The van der Waals surface area contributed by atoms with Crippen molar-refractivity contribution in [2.45, 2.75) is 6.42 Å². The van der Waals surface area contributed by atoms with Crippen LogP contribution in [0.3, 0.4) is 0 Å². The van der Waals surface area contributed by atoms with Gasteiger partial charge in [-0.1, -0.05) is 41.1 Å². The van der Waals surface area contributed by atoms with Gasteiger partial charge in [0, 0.05) is 22.1 Å². The van der Waals surface area contributed by atoms with E-state index in [1.165, 1.54) is 11.3 Å². The molecule has 0 fully saturated rings. The maximum absolute atomic E-state index is 12.2. The monoisotopic (exact) mass is 512 g/mol. The number of carbonyl (C=O) groups is 2. The highest BCUT2D eigenvalue weighted by atomic mass is 127. The zero-order chi connectivity index (χ0) is 19.2. The standard InChI is InChI=1S/C18H14ClIN4O2S/c19-14-7-2-1-6-13(14)17(26)21-9-8-15-23-24-18(27-15)22-16(25)11-4-3-5-12(20)10-11/h1-7,10H,8-9H2,(H,21,26)(H,22,24,25). The fourth-order valence-corrected chi connectivity index (χ4v) is 3.73. The molecule has 2 N–H and O–H groups in total. The third-order valence-corrected chi connectivity index (χ3v) is 5.42. The highest BCUT2D eigenvalue weighted by Gasteiger charge is 2.12. The molecule has 0 aliphatic heterocycles. The molecule has 0 bridgehead atoms. The molecule has 1 aromatic heterocycles. The number of nitrogens with zero attached hydrogens (tertiary/aromatic N) is 2. The normalized spacial score (nSPS) is 10.4. The zero-order valence-electron chi connectivity index (χ0n) is 13.9. The number of nitrogens with one attached hydrogen (secondary N) is 2. The lowest BCUT2D eigenvalue weighted by Gasteiger charge is -2.05. The first-order chi connectivity index (χ1) is 13.0. The summed E-state index contributed by atoms with van der Waals surface area (Å²) in [4.78, 5) is 24.3. The van der Waals surface area contributed by atoms with E-state index in [-0.39, 0.29) is 11.8 Å². The third-order valence-electron chi connectivity index (χ3n) is 3.52. The van der Waals surface area contributed by atoms with Gasteiger partial charge in [-0.15, -0.1) is 10.2 Å². The van der Waals surface area contributed by atoms with Crippen LogP contribution < -0.4 is 10.6 Å². The highest BCUT2D eigenvalue weighted by molar-refractivity contribution is 14.1. The average molecular weight is 513 g/mol. The van der Waals surface area contributed by atoms with Crippen LogP contribution in [0.1, 0.15) is 25.7 Å². The van der Waals surface area contributed by atoms with Gasteiger partial charge in [-0.05, 0) is 52.9 Å². The van der Waals surface area contributed by atoms with Gasteiger partial charge in [-0.25, -0.2) is 0 Å². The number of aromatic nitrogens is 2. The minimum Gasteiger partial charge on any atom is -0.352 e. The van der Waals surface area contributed by atoms with Gasteiger partial charge < -0.3 is 5.32 Å². The van der Waals surface area contributed by atoms with Crippen molar-refractivity contribution in [1.82, 2.24) is 15.5 Å². The SMILES string of the molecule is O=C(Nc1nnc(CCNC(=O)c2ccccc2Cl)s1)c1cccc(I)c1. The summed E-state index contributed by atoms with van der Waals surface area (Å²) in [5.41, 5.74) is 0.993. The van der Waals surface area contributed by atoms with Crippen molar-refractivity contribution in [3.63, 3.8) is 0 Å². The first kappa shape index (κ1) is 19.7. The van der Waals surface area contributed by atoms with Crippen LogP contribution >= 0.6 is 45.5 Å². The molecule has 0 saturated carbocycles. The van der Waals surface area contributed by atoms with Crippen LogP contribution in [0.15, 0.2) is 48.5 Å². The summed E-state index contributed by atoms with van der Waals surface area (Å²) in [6.07, 6.45) is 0.507. The first-order valence-electron chi connectivity index (χ1n) is 7.95. The molecule has 0 atom stereocenters. The maximum Gasteiger partial charge on any atom is 0.257 e. The fourth-order valence-electron chi connectivity index (χ4n) is 2.23. The predicted octanol–water partition coefficient (Wildman–Crippen LogP) is 4.02. The largest absolute Gasteiger partial charge is 0.352 e. The third kappa shape index (κ3) is 5.47. The molecule has 6 nitrogen and oxygen atoms in total. The van der Waals surface area contributed by atoms with E-state index in [4.69, 9.17) is 11.6 Å². The first-order valence-corrected chi connectivity index (χ1v) is 10.2. The number of halogens is 2. The van der Waals surface area contributed by atoms with Crippen LogP contribution in [0.2, 0.25) is 5.02 Å². The topological polar surface area (TPSA) is 84.0 Å². The van der Waals surface area contributed by atoms with Crippen molar-refractivity contribution in [1.29, 1.82) is 0 Å². The van der Waals surface area contributed by atoms with E-state index in [0.717, 1.165) is 3.57 Å². The number of amides is 2. The molecule has 3 aromatic rings. The summed E-state index contributed by atoms with van der Waals surface area (Å²) in [5, 5.41) is 15.1. The van der Waals surface area contributed by atoms with Crippen LogP contribution in [0.25, 0.3) is 0 Å². The molecule has 0 radical (unpaired) electrons. The molecule has 2 amide bonds. The van der Waals surface area contributed by atoms with Gasteiger partial charge in [0.05, 0.1) is 10.6 Å². The second-order valence-corrected chi connectivity index (χ2v) is 8.17. The van der Waals surface area contributed by atoms with Crippen molar-refractivity contribution in [3.8, 4) is 0 Å². The molecule has 0 unspecified atom stereocenters. The Kier molecular flexibility index (Phi) is 6.75. The molecule has 0 spiro atoms. The molecule has 9 heteroatoms. The van der Waals surface area contributed by atoms with E-state index in [2.05, 4.69) is 43.4 Å². The smallest absolute Gasteiger partial charge is 0.257 e. The predicted molar refractivity (Wildman–Crippen MR) is 115 cm³/mol. The number of hydrogen-bond acceptors (Lipinski definition) is 5. The van der Waals surface area contributed by atoms with Crippen molar-refractivity contribution >= 4 is 62.5 Å². The van der Waals surface area contributed by atoms with Crippen molar-refractivity contribution in [2.24, 2.45) is 0 Å². The van der Waals surface area contributed by atoms with Crippen molar-refractivity contribution < 1.29 is 9.59 Å². The quantitative estimate of drug-likeness (QED) is 0.489. The summed E-state index contributed by atoms with van der Waals surface area (Å²) < 4.78 is 0.979. The summed E-state index contributed by atoms with van der Waals surface area (Å²) >= 11 is 9.43. The molecule has 2 aromatic carbocycles. The minimum absolute atomic E-state index is 0.233. The van der Waals surface area contributed by atoms with Crippen LogP contribution in [-0.4, -0.2) is 28.6 Å². The Bertz CT molecular complexity index is 979. The number of anilines is 1. The van der Waals surface area contributed by atoms with Crippen LogP contribution in [0.4, 0.5) is 5.13 Å². The van der Waals surface area contributed by atoms with Gasteiger partial charge in [0.1, 0.15) is 5.01 Å². The van der Waals surface area contributed by atoms with Crippen LogP contribution in [-0.2, 0) is 6.42 Å². The van der Waals surface area contributed by atoms with Gasteiger partial charge in [-0.3, -0.25) is 14.9 Å². The summed E-state index contributed by atoms with van der Waals surface area (Å²) in [6.45, 7) is 0.392. The maximum atomic E-state index is 12.2. The average Bonchev–Trinajstić information content (AvgIpc) is 3.09. The van der Waals surface area contributed by atoms with E-state index < -0.39 is 0 Å². The lowest BCUT2D eigenvalue weighted by molar-refractivity contribution is 0.0953. The van der Waals surface area contributed by atoms with Gasteiger partial charge in [0.15, 0.2) is 0 Å². The summed E-state index contributed by atoms with van der Waals surface area (Å²) in [6, 6.07) is 14.1. The van der Waals surface area contributed by atoms with E-state index in [9.17, 15) is 9.59 Å². The Hall–Kier alpha value is -2.04. The number of rotatable bonds is 6. The van der Waals surface area contributed by atoms with E-state index in [1.54, 1.807) is 36.4 Å². The molecular weight excluding hydrogens is 499 g/mol. The van der Waals surface area contributed by atoms with Gasteiger partial charge in [-0.2, -0.15) is 0 Å². The second-order valence-electron chi connectivity index (χ2n) is 5.45. The van der Waals surface area contributed by atoms with Crippen LogP contribution in [0, 0.1) is 3.57 Å². The van der Waals surface area contributed by atoms with E-state index >= 15 is 0 Å². The van der Waals surface area contributed by atoms with Gasteiger partial charge >= 0.3 is 0 Å². The molecule has 3 rings (SSSR count). The minimum atomic E-state index is -0.239. The Balaban J connectivity index is 1.52. The molecule has 0 aliphatic rings. The van der Waals surface area contributed by atoms with E-state index in [0.29, 0.717) is 39.3 Å². The number of hydrogen-bond donors (Lipinski definition) is 2. The number of carbonyl (C=O) groups excluding carboxylic acids is 2. The zero-order valence-corrected chi connectivity index (χ0v) is 17.6. The molecule has 27 heavy (non-hydrogen) atoms.